The van der Waals surface area contributed by atoms with E-state index in [-0.39, 0.29) is 5.88 Å². The summed E-state index contributed by atoms with van der Waals surface area (Å²) in [5, 5.41) is 8.01. The van der Waals surface area contributed by atoms with Crippen molar-refractivity contribution in [2.75, 3.05) is 0 Å². The number of nitrogens with zero attached hydrogens (tertiary/aromatic N) is 2. The van der Waals surface area contributed by atoms with Crippen molar-refractivity contribution in [1.82, 2.24) is 10.2 Å². The Hall–Kier alpha value is -0.870. The third-order valence-electron chi connectivity index (χ3n) is 4.10. The summed E-state index contributed by atoms with van der Waals surface area (Å²) < 4.78 is 5.55. The first-order chi connectivity index (χ1) is 9.47. The monoisotopic (exact) mass is 310 g/mol. The third kappa shape index (κ3) is 2.63. The third-order valence-corrected chi connectivity index (χ3v) is 5.55. The maximum Gasteiger partial charge on any atom is 0.257 e. The van der Waals surface area contributed by atoms with Crippen LogP contribution in [-0.2, 0) is 18.7 Å². The summed E-state index contributed by atoms with van der Waals surface area (Å²) in [5.41, 5.74) is 1.83. The molecule has 3 rings (SSSR count). The number of fused-ring (bicyclic) bond motifs is 1. The molecule has 20 heavy (non-hydrogen) atoms. The van der Waals surface area contributed by atoms with Crippen LogP contribution in [0, 0.1) is 11.3 Å². The first-order valence-electron chi connectivity index (χ1n) is 6.97. The maximum atomic E-state index is 5.71. The summed E-state index contributed by atoms with van der Waals surface area (Å²) in [6.07, 6.45) is 3.59. The van der Waals surface area contributed by atoms with Gasteiger partial charge in [-0.25, -0.2) is 0 Å². The minimum absolute atomic E-state index is 0.268. The largest absolute Gasteiger partial charge is 0.419 e. The van der Waals surface area contributed by atoms with E-state index in [1.165, 1.54) is 23.3 Å². The van der Waals surface area contributed by atoms with Crippen LogP contribution in [0.4, 0.5) is 0 Å². The highest BCUT2D eigenvalue weighted by Crippen LogP contribution is 2.42. The molecule has 0 spiro atoms. The molecule has 0 aromatic carbocycles. The zero-order valence-corrected chi connectivity index (χ0v) is 13.6. The molecule has 2 aromatic heterocycles. The second-order valence-corrected chi connectivity index (χ2v) is 7.90. The van der Waals surface area contributed by atoms with Gasteiger partial charge in [-0.1, -0.05) is 20.8 Å². The molecule has 1 atom stereocenters. The summed E-state index contributed by atoms with van der Waals surface area (Å²) in [7, 11) is 0. The van der Waals surface area contributed by atoms with E-state index in [0.717, 1.165) is 17.2 Å². The van der Waals surface area contributed by atoms with Crippen molar-refractivity contribution in [3.8, 4) is 10.8 Å². The first kappa shape index (κ1) is 14.1. The van der Waals surface area contributed by atoms with Crippen molar-refractivity contribution in [3.05, 3.63) is 22.4 Å². The summed E-state index contributed by atoms with van der Waals surface area (Å²) in [4.78, 5) is 2.56. The van der Waals surface area contributed by atoms with Gasteiger partial charge in [0.1, 0.15) is 5.88 Å². The van der Waals surface area contributed by atoms with Crippen LogP contribution < -0.4 is 0 Å². The minimum Gasteiger partial charge on any atom is -0.419 e. The van der Waals surface area contributed by atoms with Crippen molar-refractivity contribution in [3.63, 3.8) is 0 Å². The molecule has 0 aliphatic heterocycles. The molecule has 0 N–H and O–H groups in total. The fraction of sp³-hybridized carbons (Fsp3) is 0.600. The van der Waals surface area contributed by atoms with Gasteiger partial charge in [0.25, 0.3) is 5.89 Å². The number of aryl methyl sites for hydroxylation is 1. The van der Waals surface area contributed by atoms with E-state index in [2.05, 4.69) is 37.0 Å². The van der Waals surface area contributed by atoms with E-state index in [0.29, 0.717) is 17.2 Å². The lowest BCUT2D eigenvalue weighted by Gasteiger charge is -2.33. The zero-order chi connectivity index (χ0) is 14.3. The standard InChI is InChI=1S/C15H19ClN2OS/c1-15(2,3)10-4-5-11-9(6-10)7-12(20-11)14-18-17-13(8-16)19-14/h7,10H,4-6,8H2,1-3H3/t10-/m0/s1. The highest BCUT2D eigenvalue weighted by Gasteiger charge is 2.30. The Bertz CT molecular complexity index is 612. The van der Waals surface area contributed by atoms with Crippen LogP contribution in [0.25, 0.3) is 10.8 Å². The van der Waals surface area contributed by atoms with Gasteiger partial charge in [-0.3, -0.25) is 0 Å². The van der Waals surface area contributed by atoms with Crippen LogP contribution in [-0.4, -0.2) is 10.2 Å². The van der Waals surface area contributed by atoms with Crippen molar-refractivity contribution < 1.29 is 4.42 Å². The van der Waals surface area contributed by atoms with Crippen LogP contribution in [0.15, 0.2) is 10.5 Å². The van der Waals surface area contributed by atoms with Crippen LogP contribution >= 0.6 is 22.9 Å². The van der Waals surface area contributed by atoms with E-state index in [9.17, 15) is 0 Å². The summed E-state index contributed by atoms with van der Waals surface area (Å²) in [5.74, 6) is 2.11. The molecule has 5 heteroatoms. The molecule has 0 unspecified atom stereocenters. The molecular formula is C15H19ClN2OS. The van der Waals surface area contributed by atoms with Gasteiger partial charge in [-0.05, 0) is 42.2 Å². The van der Waals surface area contributed by atoms with Crippen LogP contribution in [0.1, 0.15) is 43.5 Å². The minimum atomic E-state index is 0.268. The second kappa shape index (κ2) is 5.15. The molecule has 0 radical (unpaired) electrons. The molecule has 108 valence electrons. The van der Waals surface area contributed by atoms with E-state index >= 15 is 0 Å². The Balaban J connectivity index is 1.86. The van der Waals surface area contributed by atoms with Gasteiger partial charge in [-0.2, -0.15) is 0 Å². The lowest BCUT2D eigenvalue weighted by atomic mass is 9.72. The Morgan fingerprint density at radius 3 is 2.85 bits per heavy atom. The molecule has 0 saturated carbocycles. The molecule has 0 amide bonds. The molecule has 2 aromatic rings. The van der Waals surface area contributed by atoms with Gasteiger partial charge in [0.15, 0.2) is 0 Å². The lowest BCUT2D eigenvalue weighted by Crippen LogP contribution is -2.26. The van der Waals surface area contributed by atoms with Crippen molar-refractivity contribution >= 4 is 22.9 Å². The van der Waals surface area contributed by atoms with Crippen molar-refractivity contribution in [2.45, 2.75) is 45.9 Å². The molecule has 1 aliphatic carbocycles. The molecule has 1 aliphatic rings. The van der Waals surface area contributed by atoms with Gasteiger partial charge < -0.3 is 4.42 Å². The van der Waals surface area contributed by atoms with Gasteiger partial charge in [0.2, 0.25) is 5.89 Å². The number of thiophene rings is 1. The van der Waals surface area contributed by atoms with E-state index in [1.54, 1.807) is 11.3 Å². The molecule has 0 bridgehead atoms. The summed E-state index contributed by atoms with van der Waals surface area (Å²) in [6.45, 7) is 7.00. The number of alkyl halides is 1. The van der Waals surface area contributed by atoms with Crippen LogP contribution in [0.5, 0.6) is 0 Å². The molecule has 0 fully saturated rings. The van der Waals surface area contributed by atoms with Gasteiger partial charge in [-0.15, -0.1) is 33.1 Å². The molecule has 2 heterocycles. The normalized spacial score (nSPS) is 19.1. The van der Waals surface area contributed by atoms with Crippen LogP contribution in [0.2, 0.25) is 0 Å². The summed E-state index contributed by atoms with van der Waals surface area (Å²) in [6, 6.07) is 2.23. The molecular weight excluding hydrogens is 292 g/mol. The molecule has 3 nitrogen and oxygen atoms in total. The Kier molecular flexibility index (Phi) is 3.63. The predicted molar refractivity (Wildman–Crippen MR) is 82.1 cm³/mol. The van der Waals surface area contributed by atoms with Gasteiger partial charge >= 0.3 is 0 Å². The lowest BCUT2D eigenvalue weighted by molar-refractivity contribution is 0.217. The van der Waals surface area contributed by atoms with E-state index in [1.807, 2.05) is 0 Å². The van der Waals surface area contributed by atoms with E-state index in [4.69, 9.17) is 16.0 Å². The Labute approximate surface area is 128 Å². The number of halogens is 1. The van der Waals surface area contributed by atoms with Crippen LogP contribution in [0.3, 0.4) is 0 Å². The SMILES string of the molecule is CC(C)(C)[C@H]1CCc2sc(-c3nnc(CCl)o3)cc2C1. The highest BCUT2D eigenvalue weighted by molar-refractivity contribution is 7.15. The zero-order valence-electron chi connectivity index (χ0n) is 12.1. The number of hydrogen-bond donors (Lipinski definition) is 0. The first-order valence-corrected chi connectivity index (χ1v) is 8.33. The number of hydrogen-bond acceptors (Lipinski definition) is 4. The van der Waals surface area contributed by atoms with Gasteiger partial charge in [0, 0.05) is 4.88 Å². The predicted octanol–water partition coefficient (Wildman–Crippen LogP) is 4.69. The number of aromatic nitrogens is 2. The Morgan fingerprint density at radius 1 is 1.40 bits per heavy atom. The maximum absolute atomic E-state index is 5.71. The highest BCUT2D eigenvalue weighted by atomic mass is 35.5. The topological polar surface area (TPSA) is 38.9 Å². The average Bonchev–Trinajstić information content (AvgIpc) is 3.02. The fourth-order valence-electron chi connectivity index (χ4n) is 2.78. The van der Waals surface area contributed by atoms with Gasteiger partial charge in [0.05, 0.1) is 4.88 Å². The van der Waals surface area contributed by atoms with Crippen molar-refractivity contribution in [1.29, 1.82) is 0 Å². The quantitative estimate of drug-likeness (QED) is 0.755. The smallest absolute Gasteiger partial charge is 0.257 e. The van der Waals surface area contributed by atoms with E-state index < -0.39 is 0 Å². The average molecular weight is 311 g/mol. The van der Waals surface area contributed by atoms with Crippen molar-refractivity contribution in [2.24, 2.45) is 11.3 Å². The fourth-order valence-corrected chi connectivity index (χ4v) is 4.01. The Morgan fingerprint density at radius 2 is 2.20 bits per heavy atom. The summed E-state index contributed by atoms with van der Waals surface area (Å²) >= 11 is 7.49. The molecule has 0 saturated heterocycles. The second-order valence-electron chi connectivity index (χ2n) is 6.50. The number of rotatable bonds is 2.